The fraction of sp³-hybridized carbons (Fsp3) is 0.533. The van der Waals surface area contributed by atoms with E-state index in [2.05, 4.69) is 5.32 Å². The number of amides is 1. The van der Waals surface area contributed by atoms with Crippen LogP contribution in [0.4, 0.5) is 0 Å². The molecule has 0 unspecified atom stereocenters. The summed E-state index contributed by atoms with van der Waals surface area (Å²) in [6.45, 7) is 2.48. The Balaban J connectivity index is 2.49. The summed E-state index contributed by atoms with van der Waals surface area (Å²) in [5, 5.41) is 29.8. The van der Waals surface area contributed by atoms with Gasteiger partial charge in [-0.2, -0.15) is 0 Å². The summed E-state index contributed by atoms with van der Waals surface area (Å²) in [6.07, 6.45) is 0.0646. The van der Waals surface area contributed by atoms with Gasteiger partial charge < -0.3 is 25.4 Å². The third kappa shape index (κ3) is 4.70. The number of ether oxygens (including phenoxy) is 1. The number of carbonyl (C=O) groups is 1. The second-order valence-corrected chi connectivity index (χ2v) is 5.10. The third-order valence-corrected chi connectivity index (χ3v) is 3.45. The number of aliphatic hydroxyl groups excluding tert-OH is 3. The van der Waals surface area contributed by atoms with Gasteiger partial charge in [0.2, 0.25) is 5.91 Å². The van der Waals surface area contributed by atoms with Crippen molar-refractivity contribution in [3.8, 4) is 5.75 Å². The van der Waals surface area contributed by atoms with Gasteiger partial charge in [-0.05, 0) is 31.0 Å². The van der Waals surface area contributed by atoms with Gasteiger partial charge in [0, 0.05) is 0 Å². The number of benzene rings is 1. The molecular formula is C15H23NO5. The smallest absolute Gasteiger partial charge is 0.224 e. The van der Waals surface area contributed by atoms with Gasteiger partial charge in [0.15, 0.2) is 0 Å². The van der Waals surface area contributed by atoms with Gasteiger partial charge in [-0.15, -0.1) is 0 Å². The minimum Gasteiger partial charge on any atom is -0.493 e. The van der Waals surface area contributed by atoms with Crippen LogP contribution in [-0.2, 0) is 4.79 Å². The summed E-state index contributed by atoms with van der Waals surface area (Å²) in [6, 6.07) is 5.69. The maximum Gasteiger partial charge on any atom is 0.224 e. The van der Waals surface area contributed by atoms with Crippen LogP contribution in [0.5, 0.6) is 5.75 Å². The molecule has 0 aromatic heterocycles. The van der Waals surface area contributed by atoms with E-state index in [0.29, 0.717) is 0 Å². The summed E-state index contributed by atoms with van der Waals surface area (Å²) < 4.78 is 5.56. The first-order valence-corrected chi connectivity index (χ1v) is 6.80. The van der Waals surface area contributed by atoms with Gasteiger partial charge in [0.05, 0.1) is 32.8 Å². The minimum absolute atomic E-state index is 0.0646. The summed E-state index contributed by atoms with van der Waals surface area (Å²) in [5.74, 6) is 0.318. The topological polar surface area (TPSA) is 99.0 Å². The fourth-order valence-corrected chi connectivity index (χ4v) is 1.76. The lowest BCUT2D eigenvalue weighted by Crippen LogP contribution is -2.57. The molecule has 1 rings (SSSR count). The molecule has 0 bridgehead atoms. The van der Waals surface area contributed by atoms with E-state index in [9.17, 15) is 4.79 Å². The van der Waals surface area contributed by atoms with Crippen LogP contribution in [0, 0.1) is 13.8 Å². The molecule has 0 heterocycles. The van der Waals surface area contributed by atoms with E-state index in [1.165, 1.54) is 0 Å². The molecule has 6 heteroatoms. The van der Waals surface area contributed by atoms with Crippen molar-refractivity contribution in [1.29, 1.82) is 0 Å². The average molecular weight is 297 g/mol. The lowest BCUT2D eigenvalue weighted by Gasteiger charge is -2.28. The maximum atomic E-state index is 11.8. The molecule has 1 aromatic rings. The van der Waals surface area contributed by atoms with Crippen LogP contribution in [0.2, 0.25) is 0 Å². The van der Waals surface area contributed by atoms with Crippen molar-refractivity contribution in [2.45, 2.75) is 25.8 Å². The minimum atomic E-state index is -1.39. The Bertz CT molecular complexity index is 463. The molecule has 0 saturated carbocycles. The standard InChI is InChI=1S/C15H23NO5/c1-11-4-3-5-13(12(11)2)21-7-6-14(20)16-15(8-17,9-18)10-19/h3-5,17-19H,6-10H2,1-2H3,(H,16,20). The summed E-state index contributed by atoms with van der Waals surface area (Å²) in [5.41, 5.74) is 0.737. The van der Waals surface area contributed by atoms with Crippen LogP contribution in [0.25, 0.3) is 0 Å². The van der Waals surface area contributed by atoms with Gasteiger partial charge in [0.25, 0.3) is 0 Å². The molecule has 118 valence electrons. The Morgan fingerprint density at radius 2 is 1.81 bits per heavy atom. The highest BCUT2D eigenvalue weighted by atomic mass is 16.5. The molecule has 4 N–H and O–H groups in total. The van der Waals surface area contributed by atoms with E-state index in [1.807, 2.05) is 32.0 Å². The molecule has 0 saturated heterocycles. The quantitative estimate of drug-likeness (QED) is 0.537. The van der Waals surface area contributed by atoms with Crippen LogP contribution >= 0.6 is 0 Å². The number of rotatable bonds is 8. The Morgan fingerprint density at radius 1 is 1.19 bits per heavy atom. The molecule has 0 spiro atoms. The Hall–Kier alpha value is -1.63. The van der Waals surface area contributed by atoms with E-state index in [0.717, 1.165) is 16.9 Å². The van der Waals surface area contributed by atoms with Crippen LogP contribution < -0.4 is 10.1 Å². The summed E-state index contributed by atoms with van der Waals surface area (Å²) >= 11 is 0. The van der Waals surface area contributed by atoms with E-state index in [1.54, 1.807) is 0 Å². The first kappa shape index (κ1) is 17.4. The lowest BCUT2D eigenvalue weighted by molar-refractivity contribution is -0.125. The SMILES string of the molecule is Cc1cccc(OCCC(=O)NC(CO)(CO)CO)c1C. The Labute approximate surface area is 124 Å². The number of hydrogen-bond acceptors (Lipinski definition) is 5. The van der Waals surface area contributed by atoms with Crippen LogP contribution in [0.3, 0.4) is 0 Å². The number of hydrogen-bond donors (Lipinski definition) is 4. The zero-order chi connectivity index (χ0) is 15.9. The van der Waals surface area contributed by atoms with Crippen LogP contribution in [0.1, 0.15) is 17.5 Å². The molecule has 0 atom stereocenters. The van der Waals surface area contributed by atoms with Gasteiger partial charge >= 0.3 is 0 Å². The zero-order valence-corrected chi connectivity index (χ0v) is 12.4. The molecule has 1 aromatic carbocycles. The zero-order valence-electron chi connectivity index (χ0n) is 12.4. The van der Waals surface area contributed by atoms with Crippen LogP contribution in [0.15, 0.2) is 18.2 Å². The number of carbonyl (C=O) groups excluding carboxylic acids is 1. The van der Waals surface area contributed by atoms with Crippen molar-refractivity contribution in [2.75, 3.05) is 26.4 Å². The van der Waals surface area contributed by atoms with Crippen molar-refractivity contribution in [3.05, 3.63) is 29.3 Å². The summed E-state index contributed by atoms with van der Waals surface area (Å²) in [4.78, 5) is 11.8. The molecule has 0 radical (unpaired) electrons. The first-order chi connectivity index (χ1) is 9.98. The third-order valence-electron chi connectivity index (χ3n) is 3.45. The lowest BCUT2D eigenvalue weighted by atomic mass is 10.0. The highest BCUT2D eigenvalue weighted by molar-refractivity contribution is 5.77. The molecule has 0 aliphatic carbocycles. The molecule has 6 nitrogen and oxygen atoms in total. The molecule has 21 heavy (non-hydrogen) atoms. The number of aliphatic hydroxyl groups is 3. The average Bonchev–Trinajstić information content (AvgIpc) is 2.49. The first-order valence-electron chi connectivity index (χ1n) is 6.80. The molecule has 0 aliphatic rings. The Kier molecular flexibility index (Phi) is 6.61. The maximum absolute atomic E-state index is 11.8. The molecule has 0 fully saturated rings. The highest BCUT2D eigenvalue weighted by Gasteiger charge is 2.29. The van der Waals surface area contributed by atoms with Crippen molar-refractivity contribution in [2.24, 2.45) is 0 Å². The fourth-order valence-electron chi connectivity index (χ4n) is 1.76. The van der Waals surface area contributed by atoms with Crippen molar-refractivity contribution >= 4 is 5.91 Å². The van der Waals surface area contributed by atoms with E-state index >= 15 is 0 Å². The highest BCUT2D eigenvalue weighted by Crippen LogP contribution is 2.20. The molecule has 0 aliphatic heterocycles. The predicted molar refractivity (Wildman–Crippen MR) is 78.2 cm³/mol. The van der Waals surface area contributed by atoms with Crippen molar-refractivity contribution in [1.82, 2.24) is 5.32 Å². The normalized spacial score (nSPS) is 11.3. The van der Waals surface area contributed by atoms with Crippen molar-refractivity contribution in [3.63, 3.8) is 0 Å². The predicted octanol–water partition coefficient (Wildman–Crippen LogP) is -0.0958. The van der Waals surface area contributed by atoms with Gasteiger partial charge in [-0.25, -0.2) is 0 Å². The van der Waals surface area contributed by atoms with E-state index in [4.69, 9.17) is 20.1 Å². The largest absolute Gasteiger partial charge is 0.493 e. The molecular weight excluding hydrogens is 274 g/mol. The van der Waals surface area contributed by atoms with E-state index < -0.39 is 31.3 Å². The van der Waals surface area contributed by atoms with Gasteiger partial charge in [-0.3, -0.25) is 4.79 Å². The monoisotopic (exact) mass is 297 g/mol. The summed E-state index contributed by atoms with van der Waals surface area (Å²) in [7, 11) is 0. The Morgan fingerprint density at radius 3 is 2.38 bits per heavy atom. The van der Waals surface area contributed by atoms with Crippen molar-refractivity contribution < 1.29 is 24.9 Å². The number of nitrogens with one attached hydrogen (secondary N) is 1. The second kappa shape index (κ2) is 7.97. The molecule has 1 amide bonds. The van der Waals surface area contributed by atoms with E-state index in [-0.39, 0.29) is 13.0 Å². The van der Waals surface area contributed by atoms with Gasteiger partial charge in [-0.1, -0.05) is 12.1 Å². The number of aryl methyl sites for hydroxylation is 1. The second-order valence-electron chi connectivity index (χ2n) is 5.10. The van der Waals surface area contributed by atoms with Gasteiger partial charge in [0.1, 0.15) is 11.3 Å². The van der Waals surface area contributed by atoms with Crippen LogP contribution in [-0.4, -0.2) is 53.2 Å².